The zero-order valence-corrected chi connectivity index (χ0v) is 10.0. The standard InChI is InChI=1S/C13H12F3N3/c14-13(15,16)10-3-1-9(2-4-10)12-7-11-8-17-5-6-19(11)18-12/h1-4,7,17H,5-6,8H2. The van der Waals surface area contributed by atoms with Gasteiger partial charge in [-0.3, -0.25) is 4.68 Å². The van der Waals surface area contributed by atoms with Crippen molar-refractivity contribution in [3.05, 3.63) is 41.6 Å². The van der Waals surface area contributed by atoms with E-state index in [1.54, 1.807) is 0 Å². The Bertz CT molecular complexity index is 561. The van der Waals surface area contributed by atoms with Gasteiger partial charge in [0.2, 0.25) is 0 Å². The minimum atomic E-state index is -4.30. The summed E-state index contributed by atoms with van der Waals surface area (Å²) in [5.41, 5.74) is 1.84. The molecule has 1 aliphatic rings. The van der Waals surface area contributed by atoms with E-state index in [4.69, 9.17) is 0 Å². The summed E-state index contributed by atoms with van der Waals surface area (Å²) in [6.07, 6.45) is -4.30. The van der Waals surface area contributed by atoms with Crippen molar-refractivity contribution in [1.29, 1.82) is 0 Å². The Balaban J connectivity index is 1.92. The van der Waals surface area contributed by atoms with Crippen LogP contribution >= 0.6 is 0 Å². The molecule has 0 fully saturated rings. The fraction of sp³-hybridized carbons (Fsp3) is 0.308. The highest BCUT2D eigenvalue weighted by molar-refractivity contribution is 5.60. The van der Waals surface area contributed by atoms with Gasteiger partial charge in [-0.15, -0.1) is 0 Å². The van der Waals surface area contributed by atoms with Crippen LogP contribution in [-0.4, -0.2) is 16.3 Å². The first-order valence-corrected chi connectivity index (χ1v) is 5.99. The summed E-state index contributed by atoms with van der Waals surface area (Å²) in [5, 5.41) is 7.63. The Kier molecular flexibility index (Phi) is 2.82. The van der Waals surface area contributed by atoms with Crippen LogP contribution in [0, 0.1) is 0 Å². The predicted octanol–water partition coefficient (Wildman–Crippen LogP) is 2.67. The number of fused-ring (bicyclic) bond motifs is 1. The van der Waals surface area contributed by atoms with Crippen LogP contribution in [0.1, 0.15) is 11.3 Å². The Morgan fingerprint density at radius 3 is 2.53 bits per heavy atom. The number of hydrogen-bond donors (Lipinski definition) is 1. The molecular formula is C13H12F3N3. The fourth-order valence-corrected chi connectivity index (χ4v) is 2.16. The second kappa shape index (κ2) is 4.38. The van der Waals surface area contributed by atoms with Crippen LogP contribution in [0.4, 0.5) is 13.2 Å². The summed E-state index contributed by atoms with van der Waals surface area (Å²) in [6.45, 7) is 2.39. The SMILES string of the molecule is FC(F)(F)c1ccc(-c2cc3n(n2)CCNC3)cc1. The topological polar surface area (TPSA) is 29.9 Å². The molecule has 0 unspecified atom stereocenters. The lowest BCUT2D eigenvalue weighted by atomic mass is 10.1. The van der Waals surface area contributed by atoms with Crippen molar-refractivity contribution in [2.45, 2.75) is 19.3 Å². The number of rotatable bonds is 1. The van der Waals surface area contributed by atoms with Crippen LogP contribution in [0.25, 0.3) is 11.3 Å². The third-order valence-corrected chi connectivity index (χ3v) is 3.18. The van der Waals surface area contributed by atoms with Crippen LogP contribution in [-0.2, 0) is 19.3 Å². The van der Waals surface area contributed by atoms with E-state index in [1.807, 2.05) is 10.7 Å². The van der Waals surface area contributed by atoms with Crippen molar-refractivity contribution in [3.8, 4) is 11.3 Å². The molecule has 3 rings (SSSR count). The number of benzene rings is 1. The molecule has 6 heteroatoms. The van der Waals surface area contributed by atoms with Gasteiger partial charge in [0.15, 0.2) is 0 Å². The van der Waals surface area contributed by atoms with Gasteiger partial charge >= 0.3 is 6.18 Å². The van der Waals surface area contributed by atoms with Gasteiger partial charge in [0.05, 0.1) is 23.5 Å². The molecule has 1 aliphatic heterocycles. The highest BCUT2D eigenvalue weighted by atomic mass is 19.4. The Labute approximate surface area is 108 Å². The fourth-order valence-electron chi connectivity index (χ4n) is 2.16. The molecule has 100 valence electrons. The normalized spacial score (nSPS) is 15.3. The number of nitrogens with zero attached hydrogens (tertiary/aromatic N) is 2. The zero-order valence-electron chi connectivity index (χ0n) is 10.0. The summed E-state index contributed by atoms with van der Waals surface area (Å²) in [5.74, 6) is 0. The molecule has 0 saturated carbocycles. The van der Waals surface area contributed by atoms with Crippen molar-refractivity contribution in [2.24, 2.45) is 0 Å². The molecule has 3 nitrogen and oxygen atoms in total. The molecular weight excluding hydrogens is 255 g/mol. The molecule has 0 aliphatic carbocycles. The molecule has 1 aromatic carbocycles. The summed E-state index contributed by atoms with van der Waals surface area (Å²) in [4.78, 5) is 0. The maximum absolute atomic E-state index is 12.5. The molecule has 0 bridgehead atoms. The van der Waals surface area contributed by atoms with E-state index in [1.165, 1.54) is 12.1 Å². The molecule has 2 heterocycles. The van der Waals surface area contributed by atoms with E-state index in [9.17, 15) is 13.2 Å². The average Bonchev–Trinajstić information content (AvgIpc) is 2.81. The molecule has 0 atom stereocenters. The first kappa shape index (κ1) is 12.2. The van der Waals surface area contributed by atoms with Crippen LogP contribution in [0.15, 0.2) is 30.3 Å². The summed E-state index contributed by atoms with van der Waals surface area (Å²) in [7, 11) is 0. The van der Waals surface area contributed by atoms with Gasteiger partial charge in [0.25, 0.3) is 0 Å². The second-order valence-corrected chi connectivity index (χ2v) is 4.50. The molecule has 0 spiro atoms. The van der Waals surface area contributed by atoms with E-state index < -0.39 is 11.7 Å². The number of halogens is 3. The van der Waals surface area contributed by atoms with Crippen molar-refractivity contribution in [2.75, 3.05) is 6.54 Å². The van der Waals surface area contributed by atoms with E-state index in [0.717, 1.165) is 37.5 Å². The summed E-state index contributed by atoms with van der Waals surface area (Å²) in [6, 6.07) is 7.02. The summed E-state index contributed by atoms with van der Waals surface area (Å²) >= 11 is 0. The molecule has 2 aromatic rings. The number of aromatic nitrogens is 2. The molecule has 1 aromatic heterocycles. The molecule has 0 saturated heterocycles. The van der Waals surface area contributed by atoms with Gasteiger partial charge in [-0.05, 0) is 18.2 Å². The highest BCUT2D eigenvalue weighted by Gasteiger charge is 2.30. The zero-order chi connectivity index (χ0) is 13.5. The van der Waals surface area contributed by atoms with Crippen molar-refractivity contribution in [1.82, 2.24) is 15.1 Å². The van der Waals surface area contributed by atoms with Gasteiger partial charge in [-0.2, -0.15) is 18.3 Å². The Hall–Kier alpha value is -1.82. The quantitative estimate of drug-likeness (QED) is 0.861. The number of nitrogens with one attached hydrogen (secondary N) is 1. The van der Waals surface area contributed by atoms with Gasteiger partial charge in [0.1, 0.15) is 0 Å². The third kappa shape index (κ3) is 2.35. The second-order valence-electron chi connectivity index (χ2n) is 4.50. The number of hydrogen-bond acceptors (Lipinski definition) is 2. The molecule has 1 N–H and O–H groups in total. The van der Waals surface area contributed by atoms with E-state index >= 15 is 0 Å². The summed E-state index contributed by atoms with van der Waals surface area (Å²) < 4.78 is 39.3. The van der Waals surface area contributed by atoms with Crippen LogP contribution < -0.4 is 5.32 Å². The van der Waals surface area contributed by atoms with E-state index in [2.05, 4.69) is 10.4 Å². The monoisotopic (exact) mass is 267 g/mol. The van der Waals surface area contributed by atoms with Crippen LogP contribution in [0.3, 0.4) is 0 Å². The van der Waals surface area contributed by atoms with Gasteiger partial charge in [0, 0.05) is 18.7 Å². The smallest absolute Gasteiger partial charge is 0.309 e. The minimum Gasteiger partial charge on any atom is -0.309 e. The van der Waals surface area contributed by atoms with Gasteiger partial charge in [-0.25, -0.2) is 0 Å². The molecule has 0 amide bonds. The van der Waals surface area contributed by atoms with Crippen LogP contribution in [0.2, 0.25) is 0 Å². The molecule has 0 radical (unpaired) electrons. The van der Waals surface area contributed by atoms with Crippen molar-refractivity contribution >= 4 is 0 Å². The van der Waals surface area contributed by atoms with E-state index in [-0.39, 0.29) is 0 Å². The average molecular weight is 267 g/mol. The van der Waals surface area contributed by atoms with Gasteiger partial charge < -0.3 is 5.32 Å². The lowest BCUT2D eigenvalue weighted by molar-refractivity contribution is -0.137. The maximum atomic E-state index is 12.5. The largest absolute Gasteiger partial charge is 0.416 e. The number of alkyl halides is 3. The lowest BCUT2D eigenvalue weighted by Gasteiger charge is -2.13. The minimum absolute atomic E-state index is 0.637. The van der Waals surface area contributed by atoms with Crippen LogP contribution in [0.5, 0.6) is 0 Å². The first-order chi connectivity index (χ1) is 9.04. The van der Waals surface area contributed by atoms with Crippen molar-refractivity contribution < 1.29 is 13.2 Å². The lowest BCUT2D eigenvalue weighted by Crippen LogP contribution is -2.28. The maximum Gasteiger partial charge on any atom is 0.416 e. The van der Waals surface area contributed by atoms with Crippen molar-refractivity contribution in [3.63, 3.8) is 0 Å². The third-order valence-electron chi connectivity index (χ3n) is 3.18. The first-order valence-electron chi connectivity index (χ1n) is 5.99. The highest BCUT2D eigenvalue weighted by Crippen LogP contribution is 2.30. The van der Waals surface area contributed by atoms with E-state index in [0.29, 0.717) is 11.3 Å². The predicted molar refractivity (Wildman–Crippen MR) is 64.4 cm³/mol. The Morgan fingerprint density at radius 2 is 1.89 bits per heavy atom. The molecule has 19 heavy (non-hydrogen) atoms. The Morgan fingerprint density at radius 1 is 1.16 bits per heavy atom. The van der Waals surface area contributed by atoms with Gasteiger partial charge in [-0.1, -0.05) is 12.1 Å².